The normalized spacial score (nSPS) is 16.1. The predicted molar refractivity (Wildman–Crippen MR) is 76.6 cm³/mol. The molecule has 0 saturated heterocycles. The van der Waals surface area contributed by atoms with Gasteiger partial charge in [0.05, 0.1) is 13.0 Å². The molecule has 0 radical (unpaired) electrons. The molecule has 2 atom stereocenters. The molecule has 0 fully saturated rings. The van der Waals surface area contributed by atoms with Gasteiger partial charge in [-0.05, 0) is 38.6 Å². The van der Waals surface area contributed by atoms with Gasteiger partial charge in [0.15, 0.2) is 0 Å². The average Bonchev–Trinajstić information content (AvgIpc) is 2.36. The minimum absolute atomic E-state index is 0.0775. The topological polar surface area (TPSA) is 38.3 Å². The molecule has 0 heterocycles. The van der Waals surface area contributed by atoms with Crippen LogP contribution in [0.3, 0.4) is 0 Å². The lowest BCUT2D eigenvalue weighted by Gasteiger charge is -2.35. The van der Waals surface area contributed by atoms with Crippen LogP contribution in [0.25, 0.3) is 0 Å². The maximum Gasteiger partial charge on any atom is 0.307 e. The third-order valence-corrected chi connectivity index (χ3v) is 3.65. The van der Waals surface area contributed by atoms with Crippen LogP contribution in [0.2, 0.25) is 0 Å². The Hall–Kier alpha value is -0.570. The highest BCUT2D eigenvalue weighted by molar-refractivity contribution is 5.70. The monoisotopic (exact) mass is 257 g/mol. The quantitative estimate of drug-likeness (QED) is 0.608. The summed E-state index contributed by atoms with van der Waals surface area (Å²) in [6, 6.07) is 0. The zero-order valence-corrected chi connectivity index (χ0v) is 12.8. The summed E-state index contributed by atoms with van der Waals surface area (Å²) in [6.07, 6.45) is 4.74. The van der Waals surface area contributed by atoms with Crippen molar-refractivity contribution in [1.29, 1.82) is 0 Å². The Morgan fingerprint density at radius 2 is 1.94 bits per heavy atom. The molecule has 0 aromatic carbocycles. The van der Waals surface area contributed by atoms with E-state index < -0.39 is 0 Å². The maximum atomic E-state index is 11.8. The van der Waals surface area contributed by atoms with Crippen LogP contribution in [-0.2, 0) is 9.53 Å². The number of nitrogens with one attached hydrogen (secondary N) is 1. The van der Waals surface area contributed by atoms with E-state index in [9.17, 15) is 4.79 Å². The van der Waals surface area contributed by atoms with Crippen LogP contribution in [0, 0.1) is 5.92 Å². The first-order chi connectivity index (χ1) is 8.53. The van der Waals surface area contributed by atoms with Crippen molar-refractivity contribution in [3.63, 3.8) is 0 Å². The molecule has 0 saturated carbocycles. The highest BCUT2D eigenvalue weighted by Crippen LogP contribution is 2.26. The zero-order valence-electron chi connectivity index (χ0n) is 12.8. The Bertz CT molecular complexity index is 231. The standard InChI is InChI=1S/C15H31NO2/c1-6-10-16-15(8-3,11-13(5)7-2)12-14(17)18-9-4/h13,16H,6-12H2,1-5H3. The molecule has 3 heteroatoms. The summed E-state index contributed by atoms with van der Waals surface area (Å²) in [5, 5.41) is 3.59. The first kappa shape index (κ1) is 17.4. The van der Waals surface area contributed by atoms with Crippen molar-refractivity contribution in [3.8, 4) is 0 Å². The van der Waals surface area contributed by atoms with E-state index in [4.69, 9.17) is 4.74 Å². The van der Waals surface area contributed by atoms with Gasteiger partial charge in [-0.3, -0.25) is 4.79 Å². The molecule has 0 bridgehead atoms. The third kappa shape index (κ3) is 6.39. The second-order valence-electron chi connectivity index (χ2n) is 5.26. The molecule has 0 aliphatic heterocycles. The number of ether oxygens (including phenoxy) is 1. The zero-order chi connectivity index (χ0) is 14.0. The molecule has 108 valence electrons. The number of hydrogen-bond donors (Lipinski definition) is 1. The van der Waals surface area contributed by atoms with Gasteiger partial charge in [-0.25, -0.2) is 0 Å². The highest BCUT2D eigenvalue weighted by Gasteiger charge is 2.32. The van der Waals surface area contributed by atoms with Gasteiger partial charge in [0.25, 0.3) is 0 Å². The van der Waals surface area contributed by atoms with Gasteiger partial charge in [-0.1, -0.05) is 34.1 Å². The van der Waals surface area contributed by atoms with E-state index in [1.165, 1.54) is 0 Å². The largest absolute Gasteiger partial charge is 0.466 e. The Morgan fingerprint density at radius 3 is 2.39 bits per heavy atom. The smallest absolute Gasteiger partial charge is 0.307 e. The van der Waals surface area contributed by atoms with Gasteiger partial charge >= 0.3 is 5.97 Å². The Labute approximate surface area is 113 Å². The van der Waals surface area contributed by atoms with Crippen molar-refractivity contribution in [1.82, 2.24) is 5.32 Å². The van der Waals surface area contributed by atoms with E-state index in [1.807, 2.05) is 6.92 Å². The lowest BCUT2D eigenvalue weighted by Crippen LogP contribution is -2.48. The number of hydrogen-bond acceptors (Lipinski definition) is 3. The first-order valence-corrected chi connectivity index (χ1v) is 7.44. The molecule has 2 unspecified atom stereocenters. The van der Waals surface area contributed by atoms with Crippen molar-refractivity contribution in [3.05, 3.63) is 0 Å². The second kappa shape index (κ2) is 9.37. The number of carbonyl (C=O) groups excluding carboxylic acids is 1. The SMILES string of the molecule is CCCNC(CC)(CC(=O)OCC)CC(C)CC. The molecule has 1 N–H and O–H groups in total. The summed E-state index contributed by atoms with van der Waals surface area (Å²) in [7, 11) is 0. The molecule has 0 aromatic heterocycles. The van der Waals surface area contributed by atoms with Crippen molar-refractivity contribution >= 4 is 5.97 Å². The van der Waals surface area contributed by atoms with Gasteiger partial charge < -0.3 is 10.1 Å². The minimum Gasteiger partial charge on any atom is -0.466 e. The van der Waals surface area contributed by atoms with Crippen LogP contribution < -0.4 is 5.32 Å². The van der Waals surface area contributed by atoms with Crippen molar-refractivity contribution < 1.29 is 9.53 Å². The lowest BCUT2D eigenvalue weighted by atomic mass is 9.82. The summed E-state index contributed by atoms with van der Waals surface area (Å²) in [5.74, 6) is 0.551. The van der Waals surface area contributed by atoms with E-state index >= 15 is 0 Å². The fraction of sp³-hybridized carbons (Fsp3) is 0.933. The van der Waals surface area contributed by atoms with Gasteiger partial charge in [-0.2, -0.15) is 0 Å². The van der Waals surface area contributed by atoms with E-state index in [-0.39, 0.29) is 11.5 Å². The van der Waals surface area contributed by atoms with Gasteiger partial charge in [0, 0.05) is 5.54 Å². The van der Waals surface area contributed by atoms with Crippen molar-refractivity contribution in [2.24, 2.45) is 5.92 Å². The predicted octanol–water partition coefficient (Wildman–Crippen LogP) is 3.52. The van der Waals surface area contributed by atoms with Crippen LogP contribution in [-0.4, -0.2) is 24.7 Å². The fourth-order valence-electron chi connectivity index (χ4n) is 2.29. The molecule has 0 spiro atoms. The maximum absolute atomic E-state index is 11.8. The van der Waals surface area contributed by atoms with Gasteiger partial charge in [-0.15, -0.1) is 0 Å². The Kier molecular flexibility index (Phi) is 9.08. The summed E-state index contributed by atoms with van der Waals surface area (Å²) in [4.78, 5) is 11.8. The number of rotatable bonds is 10. The van der Waals surface area contributed by atoms with Crippen LogP contribution in [0.15, 0.2) is 0 Å². The number of carbonyl (C=O) groups is 1. The van der Waals surface area contributed by atoms with Crippen molar-refractivity contribution in [2.75, 3.05) is 13.2 Å². The lowest BCUT2D eigenvalue weighted by molar-refractivity contribution is -0.145. The molecule has 0 aromatic rings. The summed E-state index contributed by atoms with van der Waals surface area (Å²) >= 11 is 0. The molecule has 3 nitrogen and oxygen atoms in total. The second-order valence-corrected chi connectivity index (χ2v) is 5.26. The van der Waals surface area contributed by atoms with E-state index in [0.717, 1.165) is 32.2 Å². The summed E-state index contributed by atoms with van der Waals surface area (Å²) < 4.78 is 5.12. The molecule has 0 aliphatic rings. The molecular formula is C15H31NO2. The molecular weight excluding hydrogens is 226 g/mol. The van der Waals surface area contributed by atoms with E-state index in [0.29, 0.717) is 18.9 Å². The third-order valence-electron chi connectivity index (χ3n) is 3.65. The summed E-state index contributed by atoms with van der Waals surface area (Å²) in [6.45, 7) is 12.1. The number of esters is 1. The molecule has 0 rings (SSSR count). The summed E-state index contributed by atoms with van der Waals surface area (Å²) in [5.41, 5.74) is -0.0856. The van der Waals surface area contributed by atoms with E-state index in [1.54, 1.807) is 0 Å². The molecule has 0 aliphatic carbocycles. The minimum atomic E-state index is -0.0856. The Balaban J connectivity index is 4.67. The van der Waals surface area contributed by atoms with Gasteiger partial charge in [0.2, 0.25) is 0 Å². The first-order valence-electron chi connectivity index (χ1n) is 7.44. The Morgan fingerprint density at radius 1 is 1.28 bits per heavy atom. The average molecular weight is 257 g/mol. The van der Waals surface area contributed by atoms with Crippen LogP contribution >= 0.6 is 0 Å². The highest BCUT2D eigenvalue weighted by atomic mass is 16.5. The van der Waals surface area contributed by atoms with Crippen molar-refractivity contribution in [2.45, 2.75) is 72.3 Å². The molecule has 18 heavy (non-hydrogen) atoms. The van der Waals surface area contributed by atoms with Crippen LogP contribution in [0.4, 0.5) is 0 Å². The van der Waals surface area contributed by atoms with Crippen LogP contribution in [0.1, 0.15) is 66.7 Å². The van der Waals surface area contributed by atoms with Gasteiger partial charge in [0.1, 0.15) is 0 Å². The van der Waals surface area contributed by atoms with E-state index in [2.05, 4.69) is 33.0 Å². The molecule has 0 amide bonds. The fourth-order valence-corrected chi connectivity index (χ4v) is 2.29. The van der Waals surface area contributed by atoms with Crippen LogP contribution in [0.5, 0.6) is 0 Å².